The van der Waals surface area contributed by atoms with Gasteiger partial charge >= 0.3 is 0 Å². The molecule has 0 aromatic heterocycles. The summed E-state index contributed by atoms with van der Waals surface area (Å²) in [7, 11) is 0. The molecule has 0 bridgehead atoms. The third kappa shape index (κ3) is 7.22. The number of rotatable bonds is 11. The average molecular weight is 264 g/mol. The molecule has 1 aromatic rings. The fourth-order valence-electron chi connectivity index (χ4n) is 2.21. The standard InChI is InChI=1S/C17H28O2/c1-2-3-4-5-6-7-10-15-19-17-12-9-8-11-16(17)13-14-18/h8-9,11-12,18H,2-7,10,13-15H2,1H3. The lowest BCUT2D eigenvalue weighted by atomic mass is 10.1. The van der Waals surface area contributed by atoms with Gasteiger partial charge in [0.1, 0.15) is 5.75 Å². The predicted octanol–water partition coefficient (Wildman–Crippen LogP) is 4.35. The normalized spacial score (nSPS) is 10.6. The number of hydrogen-bond acceptors (Lipinski definition) is 2. The van der Waals surface area contributed by atoms with Gasteiger partial charge in [-0.2, -0.15) is 0 Å². The van der Waals surface area contributed by atoms with Gasteiger partial charge in [0.25, 0.3) is 0 Å². The molecule has 0 amide bonds. The molecule has 0 saturated heterocycles. The van der Waals surface area contributed by atoms with Crippen molar-refractivity contribution in [3.8, 4) is 5.75 Å². The summed E-state index contributed by atoms with van der Waals surface area (Å²) in [6, 6.07) is 8.00. The van der Waals surface area contributed by atoms with E-state index >= 15 is 0 Å². The molecule has 0 spiro atoms. The summed E-state index contributed by atoms with van der Waals surface area (Å²) in [5.74, 6) is 0.933. The van der Waals surface area contributed by atoms with Crippen molar-refractivity contribution in [1.82, 2.24) is 0 Å². The zero-order valence-corrected chi connectivity index (χ0v) is 12.2. The third-order valence-corrected chi connectivity index (χ3v) is 3.36. The first-order valence-electron chi connectivity index (χ1n) is 7.70. The van der Waals surface area contributed by atoms with Crippen molar-refractivity contribution in [1.29, 1.82) is 0 Å². The first-order chi connectivity index (χ1) is 9.38. The summed E-state index contributed by atoms with van der Waals surface area (Å²) < 4.78 is 5.81. The van der Waals surface area contributed by atoms with Crippen LogP contribution >= 0.6 is 0 Å². The second kappa shape index (κ2) is 10.9. The molecule has 1 N–H and O–H groups in total. The van der Waals surface area contributed by atoms with Gasteiger partial charge in [0.2, 0.25) is 0 Å². The van der Waals surface area contributed by atoms with Gasteiger partial charge in [-0.15, -0.1) is 0 Å². The minimum Gasteiger partial charge on any atom is -0.493 e. The highest BCUT2D eigenvalue weighted by molar-refractivity contribution is 5.33. The number of ether oxygens (including phenoxy) is 1. The lowest BCUT2D eigenvalue weighted by Crippen LogP contribution is -2.01. The Labute approximate surface area is 117 Å². The molecule has 0 aliphatic heterocycles. The molecular weight excluding hydrogens is 236 g/mol. The fraction of sp³-hybridized carbons (Fsp3) is 0.647. The second-order valence-electron chi connectivity index (χ2n) is 5.05. The van der Waals surface area contributed by atoms with Crippen LogP contribution in [0.5, 0.6) is 5.75 Å². The Balaban J connectivity index is 2.12. The number of para-hydroxylation sites is 1. The first-order valence-corrected chi connectivity index (χ1v) is 7.70. The van der Waals surface area contributed by atoms with Crippen LogP contribution < -0.4 is 4.74 Å². The molecular formula is C17H28O2. The summed E-state index contributed by atoms with van der Waals surface area (Å²) in [6.45, 7) is 3.21. The van der Waals surface area contributed by atoms with E-state index < -0.39 is 0 Å². The maximum Gasteiger partial charge on any atom is 0.122 e. The van der Waals surface area contributed by atoms with E-state index in [1.807, 2.05) is 24.3 Å². The Bertz CT molecular complexity index is 323. The number of benzene rings is 1. The molecule has 2 heteroatoms. The van der Waals surface area contributed by atoms with E-state index in [4.69, 9.17) is 9.84 Å². The van der Waals surface area contributed by atoms with Gasteiger partial charge in [0.05, 0.1) is 6.61 Å². The van der Waals surface area contributed by atoms with Gasteiger partial charge in [0.15, 0.2) is 0 Å². The Morgan fingerprint density at radius 3 is 2.37 bits per heavy atom. The van der Waals surface area contributed by atoms with E-state index in [0.717, 1.165) is 24.3 Å². The van der Waals surface area contributed by atoms with E-state index in [2.05, 4.69) is 6.92 Å². The Hall–Kier alpha value is -1.02. The van der Waals surface area contributed by atoms with E-state index in [1.54, 1.807) is 0 Å². The van der Waals surface area contributed by atoms with E-state index in [0.29, 0.717) is 6.42 Å². The van der Waals surface area contributed by atoms with Crippen molar-refractivity contribution in [3.63, 3.8) is 0 Å². The van der Waals surface area contributed by atoms with Gasteiger partial charge in [-0.1, -0.05) is 63.6 Å². The van der Waals surface area contributed by atoms with Crippen molar-refractivity contribution in [3.05, 3.63) is 29.8 Å². The molecule has 0 atom stereocenters. The van der Waals surface area contributed by atoms with Crippen molar-refractivity contribution >= 4 is 0 Å². The number of hydrogen-bond donors (Lipinski definition) is 1. The predicted molar refractivity (Wildman–Crippen MR) is 80.7 cm³/mol. The van der Waals surface area contributed by atoms with Gasteiger partial charge in [0, 0.05) is 6.61 Å². The lowest BCUT2D eigenvalue weighted by molar-refractivity contribution is 0.284. The molecule has 2 nitrogen and oxygen atoms in total. The van der Waals surface area contributed by atoms with Crippen LogP contribution in [0.25, 0.3) is 0 Å². The molecule has 0 radical (unpaired) electrons. The second-order valence-corrected chi connectivity index (χ2v) is 5.05. The Morgan fingerprint density at radius 1 is 0.947 bits per heavy atom. The molecule has 0 unspecified atom stereocenters. The van der Waals surface area contributed by atoms with Gasteiger partial charge < -0.3 is 9.84 Å². The zero-order valence-electron chi connectivity index (χ0n) is 12.2. The lowest BCUT2D eigenvalue weighted by Gasteiger charge is -2.10. The molecule has 108 valence electrons. The summed E-state index contributed by atoms with van der Waals surface area (Å²) in [6.07, 6.45) is 9.78. The van der Waals surface area contributed by atoms with Crippen LogP contribution in [0.3, 0.4) is 0 Å². The minimum absolute atomic E-state index is 0.178. The summed E-state index contributed by atoms with van der Waals surface area (Å²) >= 11 is 0. The van der Waals surface area contributed by atoms with Crippen LogP contribution in [-0.4, -0.2) is 18.3 Å². The number of unbranched alkanes of at least 4 members (excludes halogenated alkanes) is 6. The van der Waals surface area contributed by atoms with Crippen LogP contribution in [0.4, 0.5) is 0 Å². The topological polar surface area (TPSA) is 29.5 Å². The monoisotopic (exact) mass is 264 g/mol. The zero-order chi connectivity index (χ0) is 13.8. The van der Waals surface area contributed by atoms with Crippen LogP contribution in [0, 0.1) is 0 Å². The first kappa shape index (κ1) is 16.0. The molecule has 0 saturated carbocycles. The number of aliphatic hydroxyl groups is 1. The highest BCUT2D eigenvalue weighted by Gasteiger charge is 2.01. The summed E-state index contributed by atoms with van der Waals surface area (Å²) in [5, 5.41) is 9.00. The summed E-state index contributed by atoms with van der Waals surface area (Å²) in [5.41, 5.74) is 1.10. The van der Waals surface area contributed by atoms with Gasteiger partial charge in [-0.25, -0.2) is 0 Å². The smallest absolute Gasteiger partial charge is 0.122 e. The molecule has 0 fully saturated rings. The third-order valence-electron chi connectivity index (χ3n) is 3.36. The quantitative estimate of drug-likeness (QED) is 0.602. The molecule has 1 aromatic carbocycles. The molecule has 0 aliphatic carbocycles. The molecule has 0 aliphatic rings. The fourth-order valence-corrected chi connectivity index (χ4v) is 2.21. The molecule has 0 heterocycles. The van der Waals surface area contributed by atoms with Crippen LogP contribution in [0.2, 0.25) is 0 Å². The maximum absolute atomic E-state index is 9.00. The largest absolute Gasteiger partial charge is 0.493 e. The van der Waals surface area contributed by atoms with E-state index in [1.165, 1.54) is 38.5 Å². The van der Waals surface area contributed by atoms with E-state index in [9.17, 15) is 0 Å². The van der Waals surface area contributed by atoms with Crippen molar-refractivity contribution in [2.75, 3.05) is 13.2 Å². The van der Waals surface area contributed by atoms with Crippen LogP contribution in [0.15, 0.2) is 24.3 Å². The maximum atomic E-state index is 9.00. The average Bonchev–Trinajstić information content (AvgIpc) is 2.44. The Morgan fingerprint density at radius 2 is 1.63 bits per heavy atom. The minimum atomic E-state index is 0.178. The molecule has 1 rings (SSSR count). The highest BCUT2D eigenvalue weighted by Crippen LogP contribution is 2.18. The SMILES string of the molecule is CCCCCCCCCOc1ccccc1CCO. The van der Waals surface area contributed by atoms with Gasteiger partial charge in [-0.3, -0.25) is 0 Å². The Kier molecular flexibility index (Phi) is 9.17. The van der Waals surface area contributed by atoms with Gasteiger partial charge in [-0.05, 0) is 24.5 Å². The van der Waals surface area contributed by atoms with E-state index in [-0.39, 0.29) is 6.61 Å². The van der Waals surface area contributed by atoms with Crippen LogP contribution in [0.1, 0.15) is 57.4 Å². The number of aliphatic hydroxyl groups excluding tert-OH is 1. The van der Waals surface area contributed by atoms with Crippen molar-refractivity contribution in [2.24, 2.45) is 0 Å². The van der Waals surface area contributed by atoms with Crippen molar-refractivity contribution in [2.45, 2.75) is 58.3 Å². The van der Waals surface area contributed by atoms with Crippen molar-refractivity contribution < 1.29 is 9.84 Å². The highest BCUT2D eigenvalue weighted by atomic mass is 16.5. The van der Waals surface area contributed by atoms with Crippen LogP contribution in [-0.2, 0) is 6.42 Å². The summed E-state index contributed by atoms with van der Waals surface area (Å²) in [4.78, 5) is 0. The molecule has 19 heavy (non-hydrogen) atoms.